The van der Waals surface area contributed by atoms with E-state index in [9.17, 15) is 4.79 Å². The standard InChI is InChI=1S/C18H17N3O4/c1-23-15-5-3-4-14(11-15)18(22)21-20-12-13-6-7-16(25-9-8-19)17(10-13)24-2/h3-7,10-12H,9H2,1-2H3,(H,21,22). The van der Waals surface area contributed by atoms with Gasteiger partial charge in [-0.25, -0.2) is 5.43 Å². The van der Waals surface area contributed by atoms with Crippen LogP contribution in [-0.4, -0.2) is 32.9 Å². The van der Waals surface area contributed by atoms with E-state index in [1.165, 1.54) is 20.4 Å². The molecule has 0 fully saturated rings. The maximum absolute atomic E-state index is 12.0. The average Bonchev–Trinajstić information content (AvgIpc) is 2.66. The molecule has 7 nitrogen and oxygen atoms in total. The van der Waals surface area contributed by atoms with Crippen molar-refractivity contribution < 1.29 is 19.0 Å². The number of carbonyl (C=O) groups excluding carboxylic acids is 1. The molecule has 0 radical (unpaired) electrons. The molecule has 7 heteroatoms. The summed E-state index contributed by atoms with van der Waals surface area (Å²) >= 11 is 0. The highest BCUT2D eigenvalue weighted by Gasteiger charge is 2.06. The van der Waals surface area contributed by atoms with Crippen molar-refractivity contribution in [1.82, 2.24) is 5.43 Å². The number of carbonyl (C=O) groups is 1. The average molecular weight is 339 g/mol. The van der Waals surface area contributed by atoms with Crippen LogP contribution in [0.15, 0.2) is 47.6 Å². The first-order valence-corrected chi connectivity index (χ1v) is 7.33. The Morgan fingerprint density at radius 2 is 2.04 bits per heavy atom. The number of hydrogen-bond acceptors (Lipinski definition) is 6. The van der Waals surface area contributed by atoms with Gasteiger partial charge in [0.05, 0.1) is 20.4 Å². The maximum Gasteiger partial charge on any atom is 0.271 e. The van der Waals surface area contributed by atoms with E-state index in [0.29, 0.717) is 28.4 Å². The smallest absolute Gasteiger partial charge is 0.271 e. The lowest BCUT2D eigenvalue weighted by Gasteiger charge is -2.08. The van der Waals surface area contributed by atoms with Crippen LogP contribution in [0.1, 0.15) is 15.9 Å². The Balaban J connectivity index is 2.03. The summed E-state index contributed by atoms with van der Waals surface area (Å²) in [5.74, 6) is 1.17. The summed E-state index contributed by atoms with van der Waals surface area (Å²) in [6.45, 7) is -0.0691. The third-order valence-electron chi connectivity index (χ3n) is 3.19. The second-order valence-corrected chi connectivity index (χ2v) is 4.79. The van der Waals surface area contributed by atoms with Crippen molar-refractivity contribution in [3.05, 3.63) is 53.6 Å². The molecule has 0 aromatic heterocycles. The van der Waals surface area contributed by atoms with Crippen LogP contribution in [0.3, 0.4) is 0 Å². The topological polar surface area (TPSA) is 92.9 Å². The number of benzene rings is 2. The number of hydrogen-bond donors (Lipinski definition) is 1. The number of ether oxygens (including phenoxy) is 3. The number of nitrogens with one attached hydrogen (secondary N) is 1. The van der Waals surface area contributed by atoms with Gasteiger partial charge in [0.1, 0.15) is 11.8 Å². The Morgan fingerprint density at radius 3 is 2.76 bits per heavy atom. The van der Waals surface area contributed by atoms with Crippen LogP contribution in [0.5, 0.6) is 17.2 Å². The molecule has 0 spiro atoms. The molecule has 2 aromatic carbocycles. The van der Waals surface area contributed by atoms with Gasteiger partial charge in [-0.3, -0.25) is 4.79 Å². The minimum absolute atomic E-state index is 0.0691. The molecule has 0 aliphatic carbocycles. The fraction of sp³-hybridized carbons (Fsp3) is 0.167. The molecule has 1 amide bonds. The van der Waals surface area contributed by atoms with Crippen LogP contribution >= 0.6 is 0 Å². The molecule has 0 heterocycles. The van der Waals surface area contributed by atoms with Gasteiger partial charge >= 0.3 is 0 Å². The van der Waals surface area contributed by atoms with Crippen molar-refractivity contribution in [2.45, 2.75) is 0 Å². The van der Waals surface area contributed by atoms with Crippen LogP contribution in [0.25, 0.3) is 0 Å². The number of hydrazone groups is 1. The predicted octanol–water partition coefficient (Wildman–Crippen LogP) is 2.37. The number of rotatable bonds is 7. The van der Waals surface area contributed by atoms with E-state index in [0.717, 1.165) is 0 Å². The van der Waals surface area contributed by atoms with Crippen LogP contribution < -0.4 is 19.6 Å². The van der Waals surface area contributed by atoms with Crippen molar-refractivity contribution in [2.24, 2.45) is 5.10 Å². The molecule has 2 rings (SSSR count). The van der Waals surface area contributed by atoms with Gasteiger partial charge in [-0.05, 0) is 42.0 Å². The van der Waals surface area contributed by atoms with Gasteiger partial charge in [-0.15, -0.1) is 0 Å². The molecule has 1 N–H and O–H groups in total. The molecule has 0 unspecified atom stereocenters. The second kappa shape index (κ2) is 8.93. The van der Waals surface area contributed by atoms with Crippen molar-refractivity contribution in [3.63, 3.8) is 0 Å². The second-order valence-electron chi connectivity index (χ2n) is 4.79. The molecule has 0 saturated carbocycles. The van der Waals surface area contributed by atoms with E-state index >= 15 is 0 Å². The normalized spacial score (nSPS) is 10.1. The van der Waals surface area contributed by atoms with Gasteiger partial charge in [-0.2, -0.15) is 10.4 Å². The summed E-state index contributed by atoms with van der Waals surface area (Å²) in [4.78, 5) is 12.0. The predicted molar refractivity (Wildman–Crippen MR) is 92.2 cm³/mol. The molecule has 0 aliphatic heterocycles. The molecule has 0 bridgehead atoms. The van der Waals surface area contributed by atoms with Crippen LogP contribution in [0.4, 0.5) is 0 Å². The molecule has 0 aliphatic rings. The Morgan fingerprint density at radius 1 is 1.20 bits per heavy atom. The zero-order valence-electron chi connectivity index (χ0n) is 13.9. The van der Waals surface area contributed by atoms with E-state index in [-0.39, 0.29) is 12.5 Å². The quantitative estimate of drug-likeness (QED) is 0.617. The van der Waals surface area contributed by atoms with E-state index in [1.54, 1.807) is 42.5 Å². The van der Waals surface area contributed by atoms with Gasteiger partial charge in [-0.1, -0.05) is 6.07 Å². The molecule has 0 atom stereocenters. The summed E-state index contributed by atoms with van der Waals surface area (Å²) in [5, 5.41) is 12.5. The Bertz CT molecular complexity index is 812. The van der Waals surface area contributed by atoms with Crippen LogP contribution in [0, 0.1) is 11.3 Å². The van der Waals surface area contributed by atoms with E-state index in [1.807, 2.05) is 6.07 Å². The lowest BCUT2D eigenvalue weighted by atomic mass is 10.2. The van der Waals surface area contributed by atoms with Crippen molar-refractivity contribution in [3.8, 4) is 23.3 Å². The van der Waals surface area contributed by atoms with Crippen LogP contribution in [0.2, 0.25) is 0 Å². The number of amides is 1. The summed E-state index contributed by atoms with van der Waals surface area (Å²) in [7, 11) is 3.03. The highest BCUT2D eigenvalue weighted by Crippen LogP contribution is 2.27. The molecular formula is C18H17N3O4. The summed E-state index contributed by atoms with van der Waals surface area (Å²) < 4.78 is 15.5. The van der Waals surface area contributed by atoms with Crippen molar-refractivity contribution >= 4 is 12.1 Å². The summed E-state index contributed by atoms with van der Waals surface area (Å²) in [6.07, 6.45) is 1.48. The van der Waals surface area contributed by atoms with Gasteiger partial charge in [0.15, 0.2) is 18.1 Å². The minimum Gasteiger partial charge on any atom is -0.497 e. The Hall–Kier alpha value is -3.53. The first kappa shape index (κ1) is 17.8. The van der Waals surface area contributed by atoms with E-state index in [2.05, 4.69) is 10.5 Å². The van der Waals surface area contributed by atoms with Gasteiger partial charge in [0, 0.05) is 5.56 Å². The largest absolute Gasteiger partial charge is 0.497 e. The Labute approximate surface area is 145 Å². The SMILES string of the molecule is COc1cccc(C(=O)NN=Cc2ccc(OCC#N)c(OC)c2)c1. The molecule has 25 heavy (non-hydrogen) atoms. The van der Waals surface area contributed by atoms with Crippen molar-refractivity contribution in [2.75, 3.05) is 20.8 Å². The summed E-state index contributed by atoms with van der Waals surface area (Å²) in [6, 6.07) is 13.7. The van der Waals surface area contributed by atoms with Crippen molar-refractivity contribution in [1.29, 1.82) is 5.26 Å². The number of methoxy groups -OCH3 is 2. The lowest BCUT2D eigenvalue weighted by molar-refractivity contribution is 0.0955. The molecular weight excluding hydrogens is 322 g/mol. The zero-order chi connectivity index (χ0) is 18.1. The van der Waals surface area contributed by atoms with Crippen LogP contribution in [-0.2, 0) is 0 Å². The zero-order valence-corrected chi connectivity index (χ0v) is 13.9. The summed E-state index contributed by atoms with van der Waals surface area (Å²) in [5.41, 5.74) is 3.59. The highest BCUT2D eigenvalue weighted by molar-refractivity contribution is 5.95. The van der Waals surface area contributed by atoms with Gasteiger partial charge in [0.25, 0.3) is 5.91 Å². The molecule has 0 saturated heterocycles. The first-order valence-electron chi connectivity index (χ1n) is 7.33. The number of nitriles is 1. The highest BCUT2D eigenvalue weighted by atomic mass is 16.5. The van der Waals surface area contributed by atoms with E-state index < -0.39 is 0 Å². The van der Waals surface area contributed by atoms with Gasteiger partial charge < -0.3 is 14.2 Å². The maximum atomic E-state index is 12.0. The fourth-order valence-electron chi connectivity index (χ4n) is 1.99. The third-order valence-corrected chi connectivity index (χ3v) is 3.19. The third kappa shape index (κ3) is 4.97. The first-order chi connectivity index (χ1) is 12.2. The molecule has 2 aromatic rings. The number of nitrogens with zero attached hydrogens (tertiary/aromatic N) is 2. The van der Waals surface area contributed by atoms with Gasteiger partial charge in [0.2, 0.25) is 0 Å². The fourth-order valence-corrected chi connectivity index (χ4v) is 1.99. The Kier molecular flexibility index (Phi) is 6.37. The molecule has 128 valence electrons. The lowest BCUT2D eigenvalue weighted by Crippen LogP contribution is -2.17. The minimum atomic E-state index is -0.351. The van der Waals surface area contributed by atoms with E-state index in [4.69, 9.17) is 19.5 Å². The monoisotopic (exact) mass is 339 g/mol.